The van der Waals surface area contributed by atoms with Crippen molar-refractivity contribution in [3.05, 3.63) is 0 Å². The van der Waals surface area contributed by atoms with Crippen LogP contribution in [0.25, 0.3) is 0 Å². The molecule has 2 fully saturated rings. The van der Waals surface area contributed by atoms with Gasteiger partial charge in [0, 0.05) is 12.1 Å². The molecule has 0 bridgehead atoms. The molecule has 1 aliphatic heterocycles. The van der Waals surface area contributed by atoms with Crippen LogP contribution in [0.1, 0.15) is 19.8 Å². The highest BCUT2D eigenvalue weighted by Gasteiger charge is 2.56. The maximum atomic E-state index is 8.76. The molecule has 2 nitrogen and oxygen atoms in total. The minimum Gasteiger partial charge on any atom is -0.395 e. The molecule has 0 aromatic heterocycles. The maximum absolute atomic E-state index is 8.76. The molecule has 0 radical (unpaired) electrons. The summed E-state index contributed by atoms with van der Waals surface area (Å²) in [5.74, 6) is 0. The Kier molecular flexibility index (Phi) is 0.945. The molecule has 3 atom stereocenters. The Labute approximate surface area is 55.3 Å². The van der Waals surface area contributed by atoms with E-state index >= 15 is 0 Å². The average molecular weight is 127 g/mol. The SMILES string of the molecule is C[C@@]12CC(CO)NC1C2. The third kappa shape index (κ3) is 0.700. The van der Waals surface area contributed by atoms with Crippen molar-refractivity contribution in [2.45, 2.75) is 31.8 Å². The molecule has 1 saturated carbocycles. The lowest BCUT2D eigenvalue weighted by Gasteiger charge is -2.09. The molecule has 52 valence electrons. The molecule has 1 heterocycles. The van der Waals surface area contributed by atoms with Gasteiger partial charge >= 0.3 is 0 Å². The first kappa shape index (κ1) is 5.69. The second-order valence-corrected chi connectivity index (χ2v) is 3.66. The Bertz CT molecular complexity index is 137. The van der Waals surface area contributed by atoms with Crippen molar-refractivity contribution in [3.63, 3.8) is 0 Å². The second kappa shape index (κ2) is 1.50. The van der Waals surface area contributed by atoms with E-state index in [4.69, 9.17) is 5.11 Å². The minimum atomic E-state index is 0.312. The number of piperidine rings is 1. The van der Waals surface area contributed by atoms with Crippen LogP contribution in [-0.4, -0.2) is 23.8 Å². The van der Waals surface area contributed by atoms with Crippen molar-refractivity contribution < 1.29 is 5.11 Å². The van der Waals surface area contributed by atoms with Gasteiger partial charge in [0.1, 0.15) is 0 Å². The lowest BCUT2D eigenvalue weighted by atomic mass is 10.0. The Morgan fingerprint density at radius 1 is 1.67 bits per heavy atom. The van der Waals surface area contributed by atoms with E-state index in [1.54, 1.807) is 0 Å². The fourth-order valence-electron chi connectivity index (χ4n) is 1.92. The highest BCUT2D eigenvalue weighted by molar-refractivity contribution is 5.12. The summed E-state index contributed by atoms with van der Waals surface area (Å²) < 4.78 is 0. The monoisotopic (exact) mass is 127 g/mol. The smallest absolute Gasteiger partial charge is 0.0584 e. The van der Waals surface area contributed by atoms with E-state index in [9.17, 15) is 0 Å². The predicted molar refractivity (Wildman–Crippen MR) is 35.1 cm³/mol. The fourth-order valence-corrected chi connectivity index (χ4v) is 1.92. The van der Waals surface area contributed by atoms with Crippen LogP contribution in [0.4, 0.5) is 0 Å². The first-order valence-corrected chi connectivity index (χ1v) is 3.61. The molecule has 2 heteroatoms. The van der Waals surface area contributed by atoms with Gasteiger partial charge in [-0.05, 0) is 18.3 Å². The molecule has 2 aliphatic rings. The zero-order chi connectivity index (χ0) is 6.48. The Morgan fingerprint density at radius 2 is 2.44 bits per heavy atom. The van der Waals surface area contributed by atoms with Gasteiger partial charge in [0.05, 0.1) is 6.61 Å². The van der Waals surface area contributed by atoms with Crippen LogP contribution in [0.3, 0.4) is 0 Å². The molecule has 0 aromatic rings. The lowest BCUT2D eigenvalue weighted by Crippen LogP contribution is -2.28. The molecule has 1 saturated heterocycles. The summed E-state index contributed by atoms with van der Waals surface area (Å²) >= 11 is 0. The number of hydrogen-bond acceptors (Lipinski definition) is 2. The summed E-state index contributed by atoms with van der Waals surface area (Å²) in [4.78, 5) is 0. The van der Waals surface area contributed by atoms with Crippen molar-refractivity contribution >= 4 is 0 Å². The maximum Gasteiger partial charge on any atom is 0.0584 e. The fraction of sp³-hybridized carbons (Fsp3) is 1.00. The number of fused-ring (bicyclic) bond motifs is 1. The van der Waals surface area contributed by atoms with Gasteiger partial charge in [0.2, 0.25) is 0 Å². The summed E-state index contributed by atoms with van der Waals surface area (Å²) in [5.41, 5.74) is 0.563. The Hall–Kier alpha value is -0.0800. The topological polar surface area (TPSA) is 32.3 Å². The molecule has 2 unspecified atom stereocenters. The molecule has 9 heavy (non-hydrogen) atoms. The molecule has 1 aliphatic carbocycles. The normalized spacial score (nSPS) is 55.3. The van der Waals surface area contributed by atoms with E-state index in [-0.39, 0.29) is 0 Å². The highest BCUT2D eigenvalue weighted by atomic mass is 16.3. The van der Waals surface area contributed by atoms with E-state index in [2.05, 4.69) is 12.2 Å². The lowest BCUT2D eigenvalue weighted by molar-refractivity contribution is 0.242. The summed E-state index contributed by atoms with van der Waals surface area (Å²) in [6.45, 7) is 2.60. The summed E-state index contributed by atoms with van der Waals surface area (Å²) in [7, 11) is 0. The van der Waals surface area contributed by atoms with Crippen molar-refractivity contribution in [1.29, 1.82) is 0 Å². The van der Waals surface area contributed by atoms with Gasteiger partial charge in [-0.15, -0.1) is 0 Å². The van der Waals surface area contributed by atoms with Crippen molar-refractivity contribution in [2.24, 2.45) is 5.41 Å². The van der Waals surface area contributed by atoms with Gasteiger partial charge in [0.25, 0.3) is 0 Å². The number of aliphatic hydroxyl groups is 1. The summed E-state index contributed by atoms with van der Waals surface area (Å²) in [6.07, 6.45) is 2.50. The van der Waals surface area contributed by atoms with Gasteiger partial charge in [-0.2, -0.15) is 0 Å². The molecular weight excluding hydrogens is 114 g/mol. The number of aliphatic hydroxyl groups excluding tert-OH is 1. The van der Waals surface area contributed by atoms with Crippen LogP contribution in [0.15, 0.2) is 0 Å². The van der Waals surface area contributed by atoms with Gasteiger partial charge < -0.3 is 10.4 Å². The average Bonchev–Trinajstić information content (AvgIpc) is 2.33. The molecule has 2 rings (SSSR count). The molecular formula is C7H13NO. The van der Waals surface area contributed by atoms with E-state index in [0.717, 1.165) is 6.04 Å². The van der Waals surface area contributed by atoms with Crippen molar-refractivity contribution in [1.82, 2.24) is 5.32 Å². The van der Waals surface area contributed by atoms with Crippen LogP contribution in [0.2, 0.25) is 0 Å². The Balaban J connectivity index is 1.98. The largest absolute Gasteiger partial charge is 0.395 e. The first-order valence-electron chi connectivity index (χ1n) is 3.61. The molecule has 2 N–H and O–H groups in total. The summed E-state index contributed by atoms with van der Waals surface area (Å²) in [6, 6.07) is 1.13. The second-order valence-electron chi connectivity index (χ2n) is 3.66. The summed E-state index contributed by atoms with van der Waals surface area (Å²) in [5, 5.41) is 12.1. The number of nitrogens with one attached hydrogen (secondary N) is 1. The molecule has 0 amide bonds. The predicted octanol–water partition coefficient (Wildman–Crippen LogP) is 0.119. The van der Waals surface area contributed by atoms with Crippen LogP contribution in [0, 0.1) is 5.41 Å². The van der Waals surface area contributed by atoms with E-state index in [0.29, 0.717) is 18.1 Å². The van der Waals surface area contributed by atoms with Crippen LogP contribution < -0.4 is 5.32 Å². The van der Waals surface area contributed by atoms with Gasteiger partial charge in [-0.1, -0.05) is 6.92 Å². The Morgan fingerprint density at radius 3 is 2.78 bits per heavy atom. The van der Waals surface area contributed by atoms with Gasteiger partial charge in [-0.3, -0.25) is 0 Å². The first-order chi connectivity index (χ1) is 4.24. The number of rotatable bonds is 1. The highest BCUT2D eigenvalue weighted by Crippen LogP contribution is 2.53. The van der Waals surface area contributed by atoms with Crippen LogP contribution >= 0.6 is 0 Å². The van der Waals surface area contributed by atoms with Crippen LogP contribution in [-0.2, 0) is 0 Å². The number of hydrogen-bond donors (Lipinski definition) is 2. The zero-order valence-corrected chi connectivity index (χ0v) is 5.72. The minimum absolute atomic E-state index is 0.312. The van der Waals surface area contributed by atoms with Crippen LogP contribution in [0.5, 0.6) is 0 Å². The quantitative estimate of drug-likeness (QED) is 0.524. The van der Waals surface area contributed by atoms with E-state index in [1.807, 2.05) is 0 Å². The molecule has 0 spiro atoms. The zero-order valence-electron chi connectivity index (χ0n) is 5.72. The van der Waals surface area contributed by atoms with Crippen molar-refractivity contribution in [3.8, 4) is 0 Å². The van der Waals surface area contributed by atoms with Gasteiger partial charge in [0.15, 0.2) is 0 Å². The standard InChI is InChI=1S/C7H13NO/c1-7-2-5(4-9)8-6(7)3-7/h5-6,8-9H,2-4H2,1H3/t5?,6?,7-/m0/s1. The van der Waals surface area contributed by atoms with Gasteiger partial charge in [-0.25, -0.2) is 0 Å². The van der Waals surface area contributed by atoms with Crippen molar-refractivity contribution in [2.75, 3.05) is 6.61 Å². The van der Waals surface area contributed by atoms with E-state index in [1.165, 1.54) is 12.8 Å². The molecule has 0 aromatic carbocycles. The van der Waals surface area contributed by atoms with E-state index < -0.39 is 0 Å². The third-order valence-corrected chi connectivity index (χ3v) is 2.72. The third-order valence-electron chi connectivity index (χ3n) is 2.72.